The standard InChI is InChI=1S/C18H18ClNO/c19-13-5-10-18(21)20-16-8-3-1-6-14(16)11-12-15-7-2-4-9-17(15)20/h1-4,6-9H,5,10-13H2. The van der Waals surface area contributed by atoms with Gasteiger partial charge in [-0.3, -0.25) is 9.69 Å². The topological polar surface area (TPSA) is 20.3 Å². The van der Waals surface area contributed by atoms with E-state index in [0.29, 0.717) is 18.7 Å². The molecule has 21 heavy (non-hydrogen) atoms. The molecule has 2 nitrogen and oxygen atoms in total. The minimum Gasteiger partial charge on any atom is -0.281 e. The van der Waals surface area contributed by atoms with E-state index in [1.165, 1.54) is 11.1 Å². The van der Waals surface area contributed by atoms with Crippen LogP contribution in [0.15, 0.2) is 48.5 Å². The van der Waals surface area contributed by atoms with E-state index >= 15 is 0 Å². The van der Waals surface area contributed by atoms with Gasteiger partial charge in [0.15, 0.2) is 0 Å². The summed E-state index contributed by atoms with van der Waals surface area (Å²) in [6, 6.07) is 16.4. The number of carbonyl (C=O) groups excluding carboxylic acids is 1. The molecule has 2 aromatic rings. The zero-order valence-corrected chi connectivity index (χ0v) is 12.6. The van der Waals surface area contributed by atoms with Crippen LogP contribution in [-0.4, -0.2) is 11.8 Å². The van der Waals surface area contributed by atoms with Gasteiger partial charge < -0.3 is 0 Å². The van der Waals surface area contributed by atoms with Gasteiger partial charge >= 0.3 is 0 Å². The molecule has 0 saturated heterocycles. The number of nitrogens with zero attached hydrogens (tertiary/aromatic N) is 1. The maximum atomic E-state index is 12.7. The van der Waals surface area contributed by atoms with Crippen molar-refractivity contribution in [3.05, 3.63) is 59.7 Å². The Morgan fingerprint density at radius 3 is 2.00 bits per heavy atom. The van der Waals surface area contributed by atoms with Gasteiger partial charge in [0, 0.05) is 12.3 Å². The number of rotatable bonds is 3. The maximum Gasteiger partial charge on any atom is 0.231 e. The average Bonchev–Trinajstić information content (AvgIpc) is 2.69. The molecule has 1 aliphatic rings. The molecule has 0 radical (unpaired) electrons. The fourth-order valence-corrected chi connectivity index (χ4v) is 3.01. The molecule has 2 aromatic carbocycles. The van der Waals surface area contributed by atoms with E-state index in [2.05, 4.69) is 12.1 Å². The molecule has 1 amide bonds. The molecule has 1 heterocycles. The van der Waals surface area contributed by atoms with Gasteiger partial charge in [-0.15, -0.1) is 11.6 Å². The number of carbonyl (C=O) groups is 1. The Kier molecular flexibility index (Phi) is 4.26. The van der Waals surface area contributed by atoms with E-state index < -0.39 is 0 Å². The monoisotopic (exact) mass is 299 g/mol. The number of aryl methyl sites for hydroxylation is 2. The smallest absolute Gasteiger partial charge is 0.231 e. The van der Waals surface area contributed by atoms with Crippen molar-refractivity contribution in [3.63, 3.8) is 0 Å². The molecular weight excluding hydrogens is 282 g/mol. The Balaban J connectivity index is 2.09. The third-order valence-corrected chi connectivity index (χ3v) is 4.17. The summed E-state index contributed by atoms with van der Waals surface area (Å²) in [6.45, 7) is 0. The highest BCUT2D eigenvalue weighted by molar-refractivity contribution is 6.18. The molecule has 108 valence electrons. The number of halogens is 1. The summed E-state index contributed by atoms with van der Waals surface area (Å²) in [5, 5.41) is 0. The van der Waals surface area contributed by atoms with Crippen LogP contribution in [-0.2, 0) is 17.6 Å². The normalized spacial score (nSPS) is 13.3. The highest BCUT2D eigenvalue weighted by Gasteiger charge is 2.24. The number of fused-ring (bicyclic) bond motifs is 2. The molecular formula is C18H18ClNO. The number of para-hydroxylation sites is 2. The molecule has 0 spiro atoms. The van der Waals surface area contributed by atoms with Gasteiger partial charge in [-0.25, -0.2) is 0 Å². The third kappa shape index (κ3) is 2.81. The van der Waals surface area contributed by atoms with Crippen LogP contribution in [0.1, 0.15) is 24.0 Å². The first-order valence-electron chi connectivity index (χ1n) is 7.36. The van der Waals surface area contributed by atoms with Gasteiger partial charge in [-0.1, -0.05) is 36.4 Å². The molecule has 0 bridgehead atoms. The minimum atomic E-state index is 0.123. The van der Waals surface area contributed by atoms with E-state index in [0.717, 1.165) is 24.2 Å². The summed E-state index contributed by atoms with van der Waals surface area (Å²) in [5.41, 5.74) is 4.49. The first kappa shape index (κ1) is 14.2. The van der Waals surface area contributed by atoms with E-state index in [1.807, 2.05) is 41.3 Å². The lowest BCUT2D eigenvalue weighted by molar-refractivity contribution is -0.117. The Morgan fingerprint density at radius 2 is 1.48 bits per heavy atom. The van der Waals surface area contributed by atoms with E-state index in [1.54, 1.807) is 0 Å². The predicted octanol–water partition coefficient (Wildman–Crippen LogP) is 4.47. The fourth-order valence-electron chi connectivity index (χ4n) is 2.88. The molecule has 0 atom stereocenters. The van der Waals surface area contributed by atoms with Crippen molar-refractivity contribution in [3.8, 4) is 0 Å². The molecule has 0 fully saturated rings. The van der Waals surface area contributed by atoms with Crippen LogP contribution in [0.4, 0.5) is 11.4 Å². The summed E-state index contributed by atoms with van der Waals surface area (Å²) in [5.74, 6) is 0.639. The summed E-state index contributed by atoms with van der Waals surface area (Å²) < 4.78 is 0. The first-order chi connectivity index (χ1) is 10.3. The SMILES string of the molecule is O=C(CCCCl)N1c2ccccc2CCc2ccccc21. The van der Waals surface area contributed by atoms with Crippen molar-refractivity contribution in [2.45, 2.75) is 25.7 Å². The number of hydrogen-bond donors (Lipinski definition) is 0. The molecule has 3 heteroatoms. The van der Waals surface area contributed by atoms with Crippen molar-refractivity contribution >= 4 is 28.9 Å². The fraction of sp³-hybridized carbons (Fsp3) is 0.278. The van der Waals surface area contributed by atoms with Gasteiger partial charge in [0.1, 0.15) is 0 Å². The number of benzene rings is 2. The highest BCUT2D eigenvalue weighted by Crippen LogP contribution is 2.36. The summed E-state index contributed by atoms with van der Waals surface area (Å²) in [6.07, 6.45) is 3.12. The zero-order chi connectivity index (χ0) is 14.7. The summed E-state index contributed by atoms with van der Waals surface area (Å²) >= 11 is 5.75. The molecule has 0 aromatic heterocycles. The first-order valence-corrected chi connectivity index (χ1v) is 7.89. The molecule has 1 aliphatic heterocycles. The van der Waals surface area contributed by atoms with Crippen molar-refractivity contribution in [1.29, 1.82) is 0 Å². The second-order valence-corrected chi connectivity index (χ2v) is 5.66. The second-order valence-electron chi connectivity index (χ2n) is 5.28. The lowest BCUT2D eigenvalue weighted by Gasteiger charge is -2.25. The van der Waals surface area contributed by atoms with E-state index in [9.17, 15) is 4.79 Å². The van der Waals surface area contributed by atoms with Crippen LogP contribution < -0.4 is 4.90 Å². The van der Waals surface area contributed by atoms with Gasteiger partial charge in [0.05, 0.1) is 11.4 Å². The van der Waals surface area contributed by atoms with Gasteiger partial charge in [-0.05, 0) is 42.5 Å². The van der Waals surface area contributed by atoms with Crippen LogP contribution in [0.5, 0.6) is 0 Å². The largest absolute Gasteiger partial charge is 0.281 e. The Hall–Kier alpha value is -1.80. The van der Waals surface area contributed by atoms with Crippen LogP contribution >= 0.6 is 11.6 Å². The van der Waals surface area contributed by atoms with Gasteiger partial charge in [-0.2, -0.15) is 0 Å². The summed E-state index contributed by atoms with van der Waals surface area (Å²) in [4.78, 5) is 14.6. The van der Waals surface area contributed by atoms with Crippen LogP contribution in [0, 0.1) is 0 Å². The summed E-state index contributed by atoms with van der Waals surface area (Å²) in [7, 11) is 0. The highest BCUT2D eigenvalue weighted by atomic mass is 35.5. The lowest BCUT2D eigenvalue weighted by Crippen LogP contribution is -2.26. The van der Waals surface area contributed by atoms with E-state index in [-0.39, 0.29) is 5.91 Å². The Morgan fingerprint density at radius 1 is 0.952 bits per heavy atom. The third-order valence-electron chi connectivity index (χ3n) is 3.90. The average molecular weight is 300 g/mol. The molecule has 0 aliphatic carbocycles. The maximum absolute atomic E-state index is 12.7. The molecule has 0 saturated carbocycles. The van der Waals surface area contributed by atoms with Crippen molar-refractivity contribution in [2.24, 2.45) is 0 Å². The number of anilines is 2. The van der Waals surface area contributed by atoms with Crippen LogP contribution in [0.2, 0.25) is 0 Å². The van der Waals surface area contributed by atoms with E-state index in [4.69, 9.17) is 11.6 Å². The lowest BCUT2D eigenvalue weighted by atomic mass is 10.0. The Bertz CT molecular complexity index is 606. The van der Waals surface area contributed by atoms with Crippen LogP contribution in [0.25, 0.3) is 0 Å². The number of amides is 1. The molecule has 0 N–H and O–H groups in total. The van der Waals surface area contributed by atoms with Crippen molar-refractivity contribution in [1.82, 2.24) is 0 Å². The molecule has 0 unspecified atom stereocenters. The molecule has 3 rings (SSSR count). The predicted molar refractivity (Wildman–Crippen MR) is 87.4 cm³/mol. The van der Waals surface area contributed by atoms with Crippen molar-refractivity contribution in [2.75, 3.05) is 10.8 Å². The number of hydrogen-bond acceptors (Lipinski definition) is 1. The van der Waals surface area contributed by atoms with Gasteiger partial charge in [0.2, 0.25) is 5.91 Å². The zero-order valence-electron chi connectivity index (χ0n) is 11.9. The quantitative estimate of drug-likeness (QED) is 0.766. The number of alkyl halides is 1. The second kappa shape index (κ2) is 6.31. The Labute approximate surface area is 130 Å². The van der Waals surface area contributed by atoms with Crippen molar-refractivity contribution < 1.29 is 4.79 Å². The minimum absolute atomic E-state index is 0.123. The van der Waals surface area contributed by atoms with Gasteiger partial charge in [0.25, 0.3) is 0 Å². The van der Waals surface area contributed by atoms with Crippen LogP contribution in [0.3, 0.4) is 0 Å².